The third-order valence-corrected chi connectivity index (χ3v) is 6.51. The van der Waals surface area contributed by atoms with E-state index in [1.165, 1.54) is 11.0 Å². The number of hydrogen-bond acceptors (Lipinski definition) is 2. The van der Waals surface area contributed by atoms with E-state index in [2.05, 4.69) is 5.32 Å². The highest BCUT2D eigenvalue weighted by atomic mass is 35.5. The molecular formula is C28H29Cl2FN2O2. The van der Waals surface area contributed by atoms with Crippen LogP contribution in [-0.4, -0.2) is 28.8 Å². The van der Waals surface area contributed by atoms with Gasteiger partial charge in [0, 0.05) is 34.6 Å². The second-order valence-electron chi connectivity index (χ2n) is 8.55. The van der Waals surface area contributed by atoms with Crippen LogP contribution < -0.4 is 5.32 Å². The van der Waals surface area contributed by atoms with Gasteiger partial charge in [0.05, 0.1) is 6.42 Å². The second kappa shape index (κ2) is 12.7. The third-order valence-electron chi connectivity index (χ3n) is 5.93. The van der Waals surface area contributed by atoms with Crippen molar-refractivity contribution in [1.82, 2.24) is 10.2 Å². The summed E-state index contributed by atoms with van der Waals surface area (Å²) in [4.78, 5) is 28.6. The van der Waals surface area contributed by atoms with E-state index in [4.69, 9.17) is 23.2 Å². The molecule has 7 heteroatoms. The molecule has 3 aromatic carbocycles. The van der Waals surface area contributed by atoms with Crippen LogP contribution in [0.2, 0.25) is 10.0 Å². The summed E-state index contributed by atoms with van der Waals surface area (Å²) in [6.45, 7) is 3.83. The van der Waals surface area contributed by atoms with Gasteiger partial charge in [-0.15, -0.1) is 0 Å². The molecule has 3 aromatic rings. The molecule has 0 aliphatic carbocycles. The summed E-state index contributed by atoms with van der Waals surface area (Å²) in [5.74, 6) is -1.05. The lowest BCUT2D eigenvalue weighted by atomic mass is 10.0. The summed E-state index contributed by atoms with van der Waals surface area (Å²) in [5, 5.41) is 3.82. The Morgan fingerprint density at radius 3 is 2.31 bits per heavy atom. The van der Waals surface area contributed by atoms with Gasteiger partial charge in [-0.25, -0.2) is 4.39 Å². The molecule has 2 amide bonds. The lowest BCUT2D eigenvalue weighted by Crippen LogP contribution is -2.52. The predicted octanol–water partition coefficient (Wildman–Crippen LogP) is 6.23. The molecule has 184 valence electrons. The SMILES string of the molecule is CC[C@H](C)NC(=O)[C@@H](Cc1ccccc1)N(Cc1ccccc1F)C(=O)Cc1ccc(Cl)cc1Cl. The number of nitrogens with zero attached hydrogens (tertiary/aromatic N) is 1. The number of hydrogen-bond donors (Lipinski definition) is 1. The topological polar surface area (TPSA) is 49.4 Å². The smallest absolute Gasteiger partial charge is 0.243 e. The lowest BCUT2D eigenvalue weighted by Gasteiger charge is -2.32. The van der Waals surface area contributed by atoms with Crippen LogP contribution in [0.3, 0.4) is 0 Å². The molecule has 0 aliphatic rings. The van der Waals surface area contributed by atoms with E-state index in [1.54, 1.807) is 36.4 Å². The fraction of sp³-hybridized carbons (Fsp3) is 0.286. The van der Waals surface area contributed by atoms with E-state index in [0.717, 1.165) is 12.0 Å². The highest BCUT2D eigenvalue weighted by molar-refractivity contribution is 6.35. The van der Waals surface area contributed by atoms with Crippen LogP contribution in [0.4, 0.5) is 4.39 Å². The van der Waals surface area contributed by atoms with Crippen molar-refractivity contribution in [2.24, 2.45) is 0 Å². The Bertz CT molecular complexity index is 1160. The van der Waals surface area contributed by atoms with E-state index >= 15 is 0 Å². The Morgan fingerprint density at radius 2 is 1.66 bits per heavy atom. The normalized spacial score (nSPS) is 12.6. The van der Waals surface area contributed by atoms with E-state index in [1.807, 2.05) is 44.2 Å². The number of nitrogens with one attached hydrogen (secondary N) is 1. The molecule has 0 unspecified atom stereocenters. The summed E-state index contributed by atoms with van der Waals surface area (Å²) >= 11 is 12.3. The molecule has 0 bridgehead atoms. The number of rotatable bonds is 10. The summed E-state index contributed by atoms with van der Waals surface area (Å²) < 4.78 is 14.6. The molecule has 0 aromatic heterocycles. The van der Waals surface area contributed by atoms with Gasteiger partial charge in [-0.1, -0.05) is 84.7 Å². The number of benzene rings is 3. The number of halogens is 3. The zero-order chi connectivity index (χ0) is 25.4. The highest BCUT2D eigenvalue weighted by Gasteiger charge is 2.31. The van der Waals surface area contributed by atoms with Crippen LogP contribution in [0, 0.1) is 5.82 Å². The zero-order valence-electron chi connectivity index (χ0n) is 19.8. The van der Waals surface area contributed by atoms with Crippen molar-refractivity contribution < 1.29 is 14.0 Å². The third kappa shape index (κ3) is 7.55. The molecule has 2 atom stereocenters. The maximum absolute atomic E-state index is 14.6. The second-order valence-corrected chi connectivity index (χ2v) is 9.39. The van der Waals surface area contributed by atoms with E-state index in [-0.39, 0.29) is 37.2 Å². The first-order valence-corrected chi connectivity index (χ1v) is 12.3. The Labute approximate surface area is 216 Å². The van der Waals surface area contributed by atoms with E-state index in [9.17, 15) is 14.0 Å². The van der Waals surface area contributed by atoms with Gasteiger partial charge < -0.3 is 10.2 Å². The first-order valence-electron chi connectivity index (χ1n) is 11.6. The van der Waals surface area contributed by atoms with Gasteiger partial charge in [0.1, 0.15) is 11.9 Å². The van der Waals surface area contributed by atoms with Crippen molar-refractivity contribution in [3.05, 3.63) is 105 Å². The minimum absolute atomic E-state index is 0.0493. The van der Waals surface area contributed by atoms with E-state index < -0.39 is 11.9 Å². The van der Waals surface area contributed by atoms with Crippen LogP contribution in [0.1, 0.15) is 37.0 Å². The average Bonchev–Trinajstić information content (AvgIpc) is 2.84. The molecule has 3 rings (SSSR count). The van der Waals surface area contributed by atoms with Crippen molar-refractivity contribution in [3.8, 4) is 0 Å². The van der Waals surface area contributed by atoms with Crippen LogP contribution in [0.5, 0.6) is 0 Å². The van der Waals surface area contributed by atoms with Crippen LogP contribution in [-0.2, 0) is 29.0 Å². The van der Waals surface area contributed by atoms with Gasteiger partial charge in [0.2, 0.25) is 11.8 Å². The summed E-state index contributed by atoms with van der Waals surface area (Å²) in [7, 11) is 0. The van der Waals surface area contributed by atoms with Gasteiger partial charge >= 0.3 is 0 Å². The molecule has 0 saturated heterocycles. The average molecular weight is 515 g/mol. The van der Waals surface area contributed by atoms with Gasteiger partial charge in [0.25, 0.3) is 0 Å². The van der Waals surface area contributed by atoms with Crippen molar-refractivity contribution in [2.45, 2.75) is 51.7 Å². The van der Waals surface area contributed by atoms with Gasteiger partial charge in [0.15, 0.2) is 0 Å². The molecule has 1 N–H and O–H groups in total. The maximum atomic E-state index is 14.6. The number of amides is 2. The van der Waals surface area contributed by atoms with Crippen molar-refractivity contribution in [1.29, 1.82) is 0 Å². The highest BCUT2D eigenvalue weighted by Crippen LogP contribution is 2.24. The molecule has 0 radical (unpaired) electrons. The monoisotopic (exact) mass is 514 g/mol. The van der Waals surface area contributed by atoms with Gasteiger partial charge in [-0.2, -0.15) is 0 Å². The van der Waals surface area contributed by atoms with Gasteiger partial charge in [-0.05, 0) is 42.7 Å². The molecule has 0 spiro atoms. The first-order chi connectivity index (χ1) is 16.8. The molecular weight excluding hydrogens is 486 g/mol. The molecule has 35 heavy (non-hydrogen) atoms. The lowest BCUT2D eigenvalue weighted by molar-refractivity contribution is -0.141. The van der Waals surface area contributed by atoms with Crippen LogP contribution in [0.25, 0.3) is 0 Å². The standard InChI is InChI=1S/C28H29Cl2FN2O2/c1-3-19(2)32-28(35)26(15-20-9-5-4-6-10-20)33(18-22-11-7-8-12-25(22)31)27(34)16-21-13-14-23(29)17-24(21)30/h4-14,17,19,26H,3,15-16,18H2,1-2H3,(H,32,35)/t19-,26+/m0/s1. The largest absolute Gasteiger partial charge is 0.352 e. The fourth-order valence-corrected chi connectivity index (χ4v) is 4.21. The van der Waals surface area contributed by atoms with Gasteiger partial charge in [-0.3, -0.25) is 9.59 Å². The summed E-state index contributed by atoms with van der Waals surface area (Å²) in [6.07, 6.45) is 0.982. The van der Waals surface area contributed by atoms with E-state index in [0.29, 0.717) is 21.2 Å². The van der Waals surface area contributed by atoms with Crippen molar-refractivity contribution in [3.63, 3.8) is 0 Å². The number of carbonyl (C=O) groups excluding carboxylic acids is 2. The van der Waals surface area contributed by atoms with Crippen LogP contribution >= 0.6 is 23.2 Å². The Hall–Kier alpha value is -2.89. The minimum Gasteiger partial charge on any atom is -0.352 e. The molecule has 0 saturated carbocycles. The summed E-state index contributed by atoms with van der Waals surface area (Å²) in [6, 6.07) is 19.8. The minimum atomic E-state index is -0.843. The predicted molar refractivity (Wildman–Crippen MR) is 139 cm³/mol. The Morgan fingerprint density at radius 1 is 0.971 bits per heavy atom. The Balaban J connectivity index is 2.00. The first kappa shape index (κ1) is 26.7. The van der Waals surface area contributed by atoms with Crippen molar-refractivity contribution in [2.75, 3.05) is 0 Å². The van der Waals surface area contributed by atoms with Crippen LogP contribution in [0.15, 0.2) is 72.8 Å². The number of carbonyl (C=O) groups is 2. The zero-order valence-corrected chi connectivity index (χ0v) is 21.3. The summed E-state index contributed by atoms with van der Waals surface area (Å²) in [5.41, 5.74) is 1.81. The van der Waals surface area contributed by atoms with Crippen molar-refractivity contribution >= 4 is 35.0 Å². The quantitative estimate of drug-likeness (QED) is 0.348. The Kier molecular flexibility index (Phi) is 9.70. The maximum Gasteiger partial charge on any atom is 0.243 e. The molecule has 0 fully saturated rings. The molecule has 4 nitrogen and oxygen atoms in total. The molecule has 0 aliphatic heterocycles. The fourth-order valence-electron chi connectivity index (χ4n) is 3.73. The molecule has 0 heterocycles.